The summed E-state index contributed by atoms with van der Waals surface area (Å²) in [6.45, 7) is 6.80. The minimum absolute atomic E-state index is 0.207. The Morgan fingerprint density at radius 1 is 1.25 bits per heavy atom. The molecule has 2 aromatic rings. The summed E-state index contributed by atoms with van der Waals surface area (Å²) in [4.78, 5) is 14.6. The van der Waals surface area contributed by atoms with Crippen LogP contribution < -0.4 is 0 Å². The molecule has 0 unspecified atom stereocenters. The first kappa shape index (κ1) is 17.1. The van der Waals surface area contributed by atoms with Gasteiger partial charge in [0, 0.05) is 10.5 Å². The van der Waals surface area contributed by atoms with Gasteiger partial charge in [0.25, 0.3) is 0 Å². The summed E-state index contributed by atoms with van der Waals surface area (Å²) < 4.78 is 5.01. The summed E-state index contributed by atoms with van der Waals surface area (Å²) in [7, 11) is 0. The van der Waals surface area contributed by atoms with Gasteiger partial charge < -0.3 is 4.74 Å². The average Bonchev–Trinajstić information content (AvgIpc) is 3.02. The van der Waals surface area contributed by atoms with Crippen LogP contribution in [0.25, 0.3) is 0 Å². The first-order valence-corrected chi connectivity index (χ1v) is 9.86. The normalized spacial score (nSPS) is 15.1. The number of hydrogen-bond donors (Lipinski definition) is 0. The second-order valence-electron chi connectivity index (χ2n) is 6.33. The molecule has 0 aliphatic carbocycles. The first-order chi connectivity index (χ1) is 11.5. The van der Waals surface area contributed by atoms with Crippen molar-refractivity contribution in [1.29, 1.82) is 0 Å². The van der Waals surface area contributed by atoms with Crippen LogP contribution in [-0.2, 0) is 10.2 Å². The lowest BCUT2D eigenvalue weighted by atomic mass is 9.81. The van der Waals surface area contributed by atoms with Crippen LogP contribution in [0.15, 0.2) is 35.2 Å². The summed E-state index contributed by atoms with van der Waals surface area (Å²) >= 11 is 3.30. The zero-order valence-corrected chi connectivity index (χ0v) is 15.8. The van der Waals surface area contributed by atoms with E-state index in [9.17, 15) is 4.79 Å². The summed E-state index contributed by atoms with van der Waals surface area (Å²) in [5.74, 6) is 7.30. The van der Waals surface area contributed by atoms with Crippen molar-refractivity contribution in [1.82, 2.24) is 0 Å². The zero-order valence-electron chi connectivity index (χ0n) is 14.1. The largest absolute Gasteiger partial charge is 0.462 e. The molecule has 0 radical (unpaired) electrons. The molecule has 0 spiro atoms. The Morgan fingerprint density at radius 3 is 2.88 bits per heavy atom. The van der Waals surface area contributed by atoms with Crippen molar-refractivity contribution in [2.75, 3.05) is 12.4 Å². The molecule has 0 N–H and O–H groups in total. The molecule has 0 bridgehead atoms. The van der Waals surface area contributed by atoms with Gasteiger partial charge in [0.1, 0.15) is 4.88 Å². The van der Waals surface area contributed by atoms with Gasteiger partial charge in [-0.1, -0.05) is 25.7 Å². The lowest BCUT2D eigenvalue weighted by molar-refractivity contribution is 0.0532. The molecule has 1 aliphatic heterocycles. The van der Waals surface area contributed by atoms with E-state index in [0.29, 0.717) is 11.5 Å². The fraction of sp³-hybridized carbons (Fsp3) is 0.350. The minimum atomic E-state index is -0.275. The molecule has 3 rings (SSSR count). The number of ether oxygens (including phenoxy) is 1. The predicted molar refractivity (Wildman–Crippen MR) is 101 cm³/mol. The highest BCUT2D eigenvalue weighted by molar-refractivity contribution is 7.99. The molecule has 0 amide bonds. The molecule has 0 atom stereocenters. The highest BCUT2D eigenvalue weighted by Crippen LogP contribution is 2.41. The van der Waals surface area contributed by atoms with E-state index in [1.165, 1.54) is 34.0 Å². The maximum Gasteiger partial charge on any atom is 0.348 e. The molecule has 4 heteroatoms. The van der Waals surface area contributed by atoms with Crippen LogP contribution in [0.3, 0.4) is 0 Å². The fourth-order valence-electron chi connectivity index (χ4n) is 2.66. The molecular formula is C20H20O2S2. The molecule has 0 fully saturated rings. The van der Waals surface area contributed by atoms with Gasteiger partial charge in [-0.25, -0.2) is 4.79 Å². The van der Waals surface area contributed by atoms with E-state index >= 15 is 0 Å². The smallest absolute Gasteiger partial charge is 0.348 e. The third-order valence-corrected chi connectivity index (χ3v) is 6.16. The molecule has 24 heavy (non-hydrogen) atoms. The second kappa shape index (κ2) is 7.04. The molecular weight excluding hydrogens is 336 g/mol. The van der Waals surface area contributed by atoms with Gasteiger partial charge in [-0.3, -0.25) is 0 Å². The third-order valence-electron chi connectivity index (χ3n) is 4.11. The summed E-state index contributed by atoms with van der Waals surface area (Å²) in [5.41, 5.74) is 2.62. The van der Waals surface area contributed by atoms with Crippen molar-refractivity contribution in [2.24, 2.45) is 0 Å². The number of carbonyl (C=O) groups is 1. The standard InChI is InChI=1S/C20H20O2S2/c1-4-22-19(21)18-10-8-15(24-18)7-5-14-6-9-17-16(13-14)20(2,3)11-12-23-17/h6,8-10,13H,4,11-12H2,1-3H3. The van der Waals surface area contributed by atoms with Gasteiger partial charge in [-0.15, -0.1) is 23.1 Å². The van der Waals surface area contributed by atoms with Crippen LogP contribution in [-0.4, -0.2) is 18.3 Å². The van der Waals surface area contributed by atoms with Gasteiger partial charge in [-0.05, 0) is 60.4 Å². The third kappa shape index (κ3) is 3.68. The number of esters is 1. The number of thiophene rings is 1. The number of thioether (sulfide) groups is 1. The number of hydrogen-bond acceptors (Lipinski definition) is 4. The van der Waals surface area contributed by atoms with Crippen molar-refractivity contribution >= 4 is 29.1 Å². The SMILES string of the molecule is CCOC(=O)c1ccc(C#Cc2ccc3c(c2)C(C)(C)CCS3)s1. The number of carbonyl (C=O) groups excluding carboxylic acids is 1. The van der Waals surface area contributed by atoms with E-state index in [0.717, 1.165) is 10.4 Å². The maximum absolute atomic E-state index is 11.7. The molecule has 2 nitrogen and oxygen atoms in total. The Hall–Kier alpha value is -1.70. The predicted octanol–water partition coefficient (Wildman–Crippen LogP) is 5.10. The van der Waals surface area contributed by atoms with Crippen molar-refractivity contribution in [3.63, 3.8) is 0 Å². The molecule has 1 aliphatic rings. The Bertz CT molecular complexity index is 822. The van der Waals surface area contributed by atoms with Gasteiger partial charge >= 0.3 is 5.97 Å². The molecule has 0 saturated heterocycles. The summed E-state index contributed by atoms with van der Waals surface area (Å²) in [5, 5.41) is 0. The van der Waals surface area contributed by atoms with Crippen LogP contribution in [0.2, 0.25) is 0 Å². The molecule has 2 heterocycles. The highest BCUT2D eigenvalue weighted by atomic mass is 32.2. The first-order valence-electron chi connectivity index (χ1n) is 8.06. The van der Waals surface area contributed by atoms with Crippen molar-refractivity contribution in [2.45, 2.75) is 37.5 Å². The second-order valence-corrected chi connectivity index (χ2v) is 8.55. The van der Waals surface area contributed by atoms with Crippen molar-refractivity contribution < 1.29 is 9.53 Å². The highest BCUT2D eigenvalue weighted by Gasteiger charge is 2.27. The Balaban J connectivity index is 1.83. The lowest BCUT2D eigenvalue weighted by Gasteiger charge is -2.32. The van der Waals surface area contributed by atoms with Crippen LogP contribution in [0.1, 0.15) is 52.9 Å². The van der Waals surface area contributed by atoms with E-state index in [1.54, 1.807) is 6.07 Å². The summed E-state index contributed by atoms with van der Waals surface area (Å²) in [6.07, 6.45) is 1.19. The molecule has 124 valence electrons. The number of rotatable bonds is 2. The van der Waals surface area contributed by atoms with E-state index in [1.807, 2.05) is 24.8 Å². The van der Waals surface area contributed by atoms with Gasteiger partial charge in [-0.2, -0.15) is 0 Å². The molecule has 1 aromatic carbocycles. The van der Waals surface area contributed by atoms with E-state index in [-0.39, 0.29) is 11.4 Å². The van der Waals surface area contributed by atoms with Crippen LogP contribution in [0, 0.1) is 11.8 Å². The Kier molecular flexibility index (Phi) is 5.03. The van der Waals surface area contributed by atoms with Crippen LogP contribution >= 0.6 is 23.1 Å². The maximum atomic E-state index is 11.7. The number of fused-ring (bicyclic) bond motifs is 1. The monoisotopic (exact) mass is 356 g/mol. The Labute approximate surface area is 151 Å². The lowest BCUT2D eigenvalue weighted by Crippen LogP contribution is -2.22. The van der Waals surface area contributed by atoms with E-state index in [2.05, 4.69) is 43.9 Å². The summed E-state index contributed by atoms with van der Waals surface area (Å²) in [6, 6.07) is 10.1. The fourth-order valence-corrected chi connectivity index (χ4v) is 4.90. The van der Waals surface area contributed by atoms with Gasteiger partial charge in [0.15, 0.2) is 0 Å². The average molecular weight is 357 g/mol. The quantitative estimate of drug-likeness (QED) is 0.553. The van der Waals surface area contributed by atoms with Gasteiger partial charge in [0.05, 0.1) is 11.5 Å². The Morgan fingerprint density at radius 2 is 2.08 bits per heavy atom. The van der Waals surface area contributed by atoms with Gasteiger partial charge in [0.2, 0.25) is 0 Å². The van der Waals surface area contributed by atoms with E-state index < -0.39 is 0 Å². The van der Waals surface area contributed by atoms with E-state index in [4.69, 9.17) is 4.74 Å². The van der Waals surface area contributed by atoms with Crippen molar-refractivity contribution in [3.8, 4) is 11.8 Å². The number of benzene rings is 1. The molecule has 1 aromatic heterocycles. The topological polar surface area (TPSA) is 26.3 Å². The zero-order chi connectivity index (χ0) is 17.2. The molecule has 0 saturated carbocycles. The van der Waals surface area contributed by atoms with Crippen LogP contribution in [0.4, 0.5) is 0 Å². The van der Waals surface area contributed by atoms with Crippen LogP contribution in [0.5, 0.6) is 0 Å². The minimum Gasteiger partial charge on any atom is -0.462 e. The van der Waals surface area contributed by atoms with Crippen molar-refractivity contribution in [3.05, 3.63) is 51.2 Å².